The van der Waals surface area contributed by atoms with Crippen molar-refractivity contribution >= 4 is 21.8 Å². The molecule has 1 aromatic rings. The number of carbonyl (C=O) groups is 1. The Labute approximate surface area is 156 Å². The van der Waals surface area contributed by atoms with Gasteiger partial charge in [0.05, 0.1) is 4.90 Å². The van der Waals surface area contributed by atoms with Gasteiger partial charge in [0.2, 0.25) is 5.91 Å². The molecule has 1 aliphatic rings. The molecule has 0 fully saturated rings. The second-order valence-corrected chi connectivity index (χ2v) is 8.24. The molecule has 0 bridgehead atoms. The lowest BCUT2D eigenvalue weighted by Crippen LogP contribution is -2.36. The third-order valence-electron chi connectivity index (χ3n) is 4.41. The fourth-order valence-electron chi connectivity index (χ4n) is 2.92. The van der Waals surface area contributed by atoms with Crippen LogP contribution in [0.25, 0.3) is 0 Å². The second-order valence-electron chi connectivity index (χ2n) is 6.59. The summed E-state index contributed by atoms with van der Waals surface area (Å²) in [5, 5.41) is 2.95. The molecule has 1 aliphatic heterocycles. The lowest BCUT2D eigenvalue weighted by atomic mass is 10.1. The molecule has 26 heavy (non-hydrogen) atoms. The zero-order valence-electron chi connectivity index (χ0n) is 15.6. The number of nitrogens with zero attached hydrogens (tertiary/aromatic N) is 1. The average Bonchev–Trinajstić information content (AvgIpc) is 2.89. The topological polar surface area (TPSA) is 87.6 Å². The normalized spacial score (nSPS) is 17.5. The molecule has 0 aromatic heterocycles. The maximum atomic E-state index is 12.5. The van der Waals surface area contributed by atoms with Crippen LogP contribution in [0.3, 0.4) is 0 Å². The first-order valence-electron chi connectivity index (χ1n) is 9.47. The summed E-state index contributed by atoms with van der Waals surface area (Å²) in [6.45, 7) is 4.84. The predicted octanol–water partition coefficient (Wildman–Crippen LogP) is 2.98. The smallest absolute Gasteiger partial charge is 0.263 e. The number of aliphatic imine (C=N–C) groups is 1. The van der Waals surface area contributed by atoms with E-state index >= 15 is 0 Å². The number of nitrogens with one attached hydrogen (secondary N) is 2. The van der Waals surface area contributed by atoms with E-state index in [0.717, 1.165) is 38.5 Å². The van der Waals surface area contributed by atoms with Gasteiger partial charge in [-0.2, -0.15) is 0 Å². The molecule has 1 unspecified atom stereocenters. The van der Waals surface area contributed by atoms with Crippen molar-refractivity contribution in [1.29, 1.82) is 0 Å². The Bertz CT molecular complexity index is 744. The zero-order valence-corrected chi connectivity index (χ0v) is 16.4. The van der Waals surface area contributed by atoms with Gasteiger partial charge in [0.15, 0.2) is 0 Å². The van der Waals surface area contributed by atoms with Gasteiger partial charge < -0.3 is 5.32 Å². The van der Waals surface area contributed by atoms with Crippen molar-refractivity contribution in [2.75, 3.05) is 6.54 Å². The van der Waals surface area contributed by atoms with Crippen molar-refractivity contribution in [1.82, 2.24) is 10.0 Å². The highest BCUT2D eigenvalue weighted by atomic mass is 32.2. The number of carbonyl (C=O) groups excluding carboxylic acids is 1. The Morgan fingerprint density at radius 1 is 1.12 bits per heavy atom. The summed E-state index contributed by atoms with van der Waals surface area (Å²) in [5.41, 5.74) is 0.532. The van der Waals surface area contributed by atoms with Crippen LogP contribution in [-0.2, 0) is 14.8 Å². The number of benzene rings is 1. The first-order chi connectivity index (χ1) is 12.5. The lowest BCUT2D eigenvalue weighted by Gasteiger charge is -2.14. The van der Waals surface area contributed by atoms with Crippen molar-refractivity contribution in [2.24, 2.45) is 4.99 Å². The molecule has 0 radical (unpaired) electrons. The monoisotopic (exact) mass is 379 g/mol. The third-order valence-corrected chi connectivity index (χ3v) is 5.81. The van der Waals surface area contributed by atoms with Gasteiger partial charge in [0, 0.05) is 12.1 Å². The van der Waals surface area contributed by atoms with Crippen molar-refractivity contribution in [3.05, 3.63) is 29.8 Å². The highest BCUT2D eigenvalue weighted by Gasteiger charge is 2.31. The van der Waals surface area contributed by atoms with Gasteiger partial charge in [-0.3, -0.25) is 14.5 Å². The van der Waals surface area contributed by atoms with Crippen LogP contribution in [-0.4, -0.2) is 32.7 Å². The molecule has 1 heterocycles. The van der Waals surface area contributed by atoms with Gasteiger partial charge in [-0.05, 0) is 25.0 Å². The van der Waals surface area contributed by atoms with Gasteiger partial charge in [-0.25, -0.2) is 8.42 Å². The zero-order chi connectivity index (χ0) is 19.0. The summed E-state index contributed by atoms with van der Waals surface area (Å²) in [6, 6.07) is 6.13. The molecule has 6 nitrogen and oxygen atoms in total. The highest BCUT2D eigenvalue weighted by Crippen LogP contribution is 2.23. The summed E-state index contributed by atoms with van der Waals surface area (Å²) < 4.78 is 26.9. The first kappa shape index (κ1) is 20.4. The molecule has 1 aromatic carbocycles. The molecular weight excluding hydrogens is 350 g/mol. The van der Waals surface area contributed by atoms with E-state index in [-0.39, 0.29) is 16.6 Å². The number of hydrogen-bond donors (Lipinski definition) is 2. The van der Waals surface area contributed by atoms with Crippen molar-refractivity contribution in [2.45, 2.75) is 69.7 Å². The van der Waals surface area contributed by atoms with Gasteiger partial charge in [0.25, 0.3) is 10.0 Å². The number of amidine groups is 1. The summed E-state index contributed by atoms with van der Waals surface area (Å²) in [7, 11) is -3.59. The van der Waals surface area contributed by atoms with Gasteiger partial charge in [-0.15, -0.1) is 0 Å². The van der Waals surface area contributed by atoms with Gasteiger partial charge in [-0.1, -0.05) is 58.1 Å². The number of amides is 1. The number of sulfonamides is 1. The Morgan fingerprint density at radius 3 is 2.58 bits per heavy atom. The van der Waals surface area contributed by atoms with E-state index < -0.39 is 16.1 Å². The van der Waals surface area contributed by atoms with Crippen molar-refractivity contribution in [3.63, 3.8) is 0 Å². The van der Waals surface area contributed by atoms with E-state index in [9.17, 15) is 13.2 Å². The Kier molecular flexibility index (Phi) is 7.63. The quantitative estimate of drug-likeness (QED) is 0.613. The molecule has 0 aliphatic carbocycles. The molecule has 7 heteroatoms. The van der Waals surface area contributed by atoms with Crippen molar-refractivity contribution < 1.29 is 13.2 Å². The molecular formula is C19H29N3O3S. The number of hydrogen-bond acceptors (Lipinski definition) is 4. The van der Waals surface area contributed by atoms with E-state index in [1.165, 1.54) is 0 Å². The minimum atomic E-state index is -3.59. The highest BCUT2D eigenvalue weighted by molar-refractivity contribution is 7.90. The average molecular weight is 380 g/mol. The third kappa shape index (κ3) is 5.30. The summed E-state index contributed by atoms with van der Waals surface area (Å²) in [6.07, 6.45) is 6.78. The SMILES string of the molecule is CCCCCCNC(=O)C(CCCC)N=C1NS(=O)(=O)c2ccccc21. The molecule has 0 spiro atoms. The van der Waals surface area contributed by atoms with Gasteiger partial charge >= 0.3 is 0 Å². The maximum Gasteiger partial charge on any atom is 0.263 e. The summed E-state index contributed by atoms with van der Waals surface area (Å²) in [4.78, 5) is 17.2. The van der Waals surface area contributed by atoms with Crippen LogP contribution >= 0.6 is 0 Å². The Morgan fingerprint density at radius 2 is 1.85 bits per heavy atom. The molecule has 144 valence electrons. The first-order valence-corrected chi connectivity index (χ1v) is 11.0. The van der Waals surface area contributed by atoms with Crippen LogP contribution in [0.4, 0.5) is 0 Å². The van der Waals surface area contributed by atoms with Crippen LogP contribution in [0, 0.1) is 0 Å². The van der Waals surface area contributed by atoms with E-state index in [2.05, 4.69) is 28.9 Å². The fourth-order valence-corrected chi connectivity index (χ4v) is 4.16. The maximum absolute atomic E-state index is 12.5. The fraction of sp³-hybridized carbons (Fsp3) is 0.579. The largest absolute Gasteiger partial charge is 0.354 e. The van der Waals surface area contributed by atoms with Crippen molar-refractivity contribution in [3.8, 4) is 0 Å². The Balaban J connectivity index is 2.12. The minimum Gasteiger partial charge on any atom is -0.354 e. The molecule has 2 rings (SSSR count). The van der Waals surface area contributed by atoms with Crippen LogP contribution in [0.15, 0.2) is 34.2 Å². The molecule has 0 saturated heterocycles. The van der Waals surface area contributed by atoms with E-state index in [0.29, 0.717) is 18.5 Å². The molecule has 2 N–H and O–H groups in total. The van der Waals surface area contributed by atoms with E-state index in [4.69, 9.17) is 0 Å². The van der Waals surface area contributed by atoms with Crippen LogP contribution in [0.2, 0.25) is 0 Å². The summed E-state index contributed by atoms with van der Waals surface area (Å²) >= 11 is 0. The van der Waals surface area contributed by atoms with Crippen LogP contribution in [0.5, 0.6) is 0 Å². The Hall–Kier alpha value is -1.89. The van der Waals surface area contributed by atoms with Crippen LogP contribution < -0.4 is 10.0 Å². The number of rotatable bonds is 10. The molecule has 1 amide bonds. The van der Waals surface area contributed by atoms with Crippen LogP contribution in [0.1, 0.15) is 64.4 Å². The molecule has 1 atom stereocenters. The minimum absolute atomic E-state index is 0.133. The van der Waals surface area contributed by atoms with Gasteiger partial charge in [0.1, 0.15) is 11.9 Å². The number of fused-ring (bicyclic) bond motifs is 1. The number of unbranched alkanes of at least 4 members (excludes halogenated alkanes) is 4. The summed E-state index contributed by atoms with van der Waals surface area (Å²) in [5.74, 6) is 0.133. The standard InChI is InChI=1S/C19H29N3O3S/c1-3-5-7-10-14-20-19(23)16(12-6-4-2)21-18-15-11-8-9-13-17(15)26(24,25)22-18/h8-9,11,13,16H,3-7,10,12,14H2,1-2H3,(H,20,23)(H,21,22). The van der Waals surface area contributed by atoms with E-state index in [1.54, 1.807) is 24.3 Å². The lowest BCUT2D eigenvalue weighted by molar-refractivity contribution is -0.122. The predicted molar refractivity (Wildman–Crippen MR) is 104 cm³/mol. The second kappa shape index (κ2) is 9.71. The van der Waals surface area contributed by atoms with E-state index in [1.807, 2.05) is 0 Å². The molecule has 0 saturated carbocycles.